The molecule has 2 rings (SSSR count). The molecule has 1 heterocycles. The fourth-order valence-electron chi connectivity index (χ4n) is 1.87. The van der Waals surface area contributed by atoms with Crippen molar-refractivity contribution in [3.05, 3.63) is 47.8 Å². The standard InChI is InChI=1S/C14H18N4O2/c1-20-9-7-16-10-11-4-2-3-5-13(11)18-8-6-12(17-18)14(15)19/h2-6,8,16H,7,9-10H2,1H3,(H2,15,19). The molecular weight excluding hydrogens is 256 g/mol. The number of hydrogen-bond acceptors (Lipinski definition) is 4. The van der Waals surface area contributed by atoms with Crippen molar-refractivity contribution in [2.45, 2.75) is 6.54 Å². The molecule has 0 atom stereocenters. The summed E-state index contributed by atoms with van der Waals surface area (Å²) < 4.78 is 6.65. The zero-order valence-electron chi connectivity index (χ0n) is 11.4. The third kappa shape index (κ3) is 3.43. The minimum absolute atomic E-state index is 0.257. The van der Waals surface area contributed by atoms with Gasteiger partial charge in [0.05, 0.1) is 12.3 Å². The molecule has 6 heteroatoms. The molecule has 20 heavy (non-hydrogen) atoms. The number of methoxy groups -OCH3 is 1. The largest absolute Gasteiger partial charge is 0.383 e. The van der Waals surface area contributed by atoms with Gasteiger partial charge in [-0.3, -0.25) is 4.79 Å². The van der Waals surface area contributed by atoms with Crippen LogP contribution in [0.5, 0.6) is 0 Å². The third-order valence-corrected chi connectivity index (χ3v) is 2.88. The Balaban J connectivity index is 2.16. The van der Waals surface area contributed by atoms with Crippen molar-refractivity contribution >= 4 is 5.91 Å². The number of hydrogen-bond donors (Lipinski definition) is 2. The molecule has 2 aromatic rings. The van der Waals surface area contributed by atoms with E-state index in [1.54, 1.807) is 24.1 Å². The maximum absolute atomic E-state index is 11.1. The van der Waals surface area contributed by atoms with E-state index < -0.39 is 5.91 Å². The van der Waals surface area contributed by atoms with Crippen molar-refractivity contribution < 1.29 is 9.53 Å². The Hall–Kier alpha value is -2.18. The van der Waals surface area contributed by atoms with Crippen LogP contribution in [0.15, 0.2) is 36.5 Å². The molecule has 0 radical (unpaired) electrons. The van der Waals surface area contributed by atoms with Crippen molar-refractivity contribution in [2.24, 2.45) is 5.73 Å². The Morgan fingerprint density at radius 2 is 2.20 bits per heavy atom. The number of amides is 1. The van der Waals surface area contributed by atoms with E-state index in [4.69, 9.17) is 10.5 Å². The number of nitrogens with zero attached hydrogens (tertiary/aromatic N) is 2. The summed E-state index contributed by atoms with van der Waals surface area (Å²) in [6, 6.07) is 9.47. The highest BCUT2D eigenvalue weighted by molar-refractivity contribution is 5.90. The number of ether oxygens (including phenoxy) is 1. The second kappa shape index (κ2) is 6.83. The summed E-state index contributed by atoms with van der Waals surface area (Å²) in [7, 11) is 1.67. The highest BCUT2D eigenvalue weighted by atomic mass is 16.5. The number of rotatable bonds is 7. The molecule has 0 fully saturated rings. The van der Waals surface area contributed by atoms with Gasteiger partial charge in [-0.05, 0) is 17.7 Å². The van der Waals surface area contributed by atoms with E-state index in [-0.39, 0.29) is 5.69 Å². The highest BCUT2D eigenvalue weighted by Gasteiger charge is 2.08. The monoisotopic (exact) mass is 274 g/mol. The Morgan fingerprint density at radius 1 is 1.40 bits per heavy atom. The van der Waals surface area contributed by atoms with Crippen LogP contribution >= 0.6 is 0 Å². The van der Waals surface area contributed by atoms with Gasteiger partial charge in [-0.15, -0.1) is 0 Å². The Kier molecular flexibility index (Phi) is 4.86. The summed E-state index contributed by atoms with van der Waals surface area (Å²) in [6.45, 7) is 2.14. The number of carbonyl (C=O) groups is 1. The lowest BCUT2D eigenvalue weighted by Crippen LogP contribution is -2.19. The second-order valence-corrected chi connectivity index (χ2v) is 4.31. The summed E-state index contributed by atoms with van der Waals surface area (Å²) in [5.41, 5.74) is 7.48. The molecule has 6 nitrogen and oxygen atoms in total. The van der Waals surface area contributed by atoms with Gasteiger partial charge in [0.15, 0.2) is 0 Å². The first kappa shape index (κ1) is 14.2. The van der Waals surface area contributed by atoms with Crippen LogP contribution < -0.4 is 11.1 Å². The van der Waals surface area contributed by atoms with Crippen molar-refractivity contribution in [1.29, 1.82) is 0 Å². The summed E-state index contributed by atoms with van der Waals surface area (Å²) in [6.07, 6.45) is 1.73. The first-order chi connectivity index (χ1) is 9.72. The third-order valence-electron chi connectivity index (χ3n) is 2.88. The van der Waals surface area contributed by atoms with Gasteiger partial charge in [0.25, 0.3) is 5.91 Å². The van der Waals surface area contributed by atoms with E-state index in [0.717, 1.165) is 17.8 Å². The van der Waals surface area contributed by atoms with Crippen LogP contribution in [0, 0.1) is 0 Å². The number of carbonyl (C=O) groups excluding carboxylic acids is 1. The SMILES string of the molecule is COCCNCc1ccccc1-n1ccc(C(N)=O)n1. The van der Waals surface area contributed by atoms with Crippen LogP contribution in [-0.4, -0.2) is 35.9 Å². The molecule has 0 spiro atoms. The van der Waals surface area contributed by atoms with E-state index in [1.165, 1.54) is 0 Å². The van der Waals surface area contributed by atoms with Gasteiger partial charge in [0.2, 0.25) is 0 Å². The van der Waals surface area contributed by atoms with Gasteiger partial charge in [-0.2, -0.15) is 5.10 Å². The van der Waals surface area contributed by atoms with Crippen molar-refractivity contribution in [3.8, 4) is 5.69 Å². The van der Waals surface area contributed by atoms with Gasteiger partial charge in [-0.1, -0.05) is 18.2 Å². The smallest absolute Gasteiger partial charge is 0.269 e. The number of primary amides is 1. The first-order valence-corrected chi connectivity index (χ1v) is 6.36. The van der Waals surface area contributed by atoms with Crippen molar-refractivity contribution in [1.82, 2.24) is 15.1 Å². The van der Waals surface area contributed by atoms with Crippen LogP contribution in [-0.2, 0) is 11.3 Å². The van der Waals surface area contributed by atoms with Gasteiger partial charge in [0, 0.05) is 26.4 Å². The molecule has 0 saturated heterocycles. The lowest BCUT2D eigenvalue weighted by molar-refractivity contribution is 0.0995. The van der Waals surface area contributed by atoms with Gasteiger partial charge in [0.1, 0.15) is 5.69 Å². The number of para-hydroxylation sites is 1. The van der Waals surface area contributed by atoms with Crippen LogP contribution in [0.4, 0.5) is 0 Å². The average molecular weight is 274 g/mol. The predicted molar refractivity (Wildman–Crippen MR) is 75.7 cm³/mol. The quantitative estimate of drug-likeness (QED) is 0.728. The number of nitrogens with one attached hydrogen (secondary N) is 1. The molecule has 106 valence electrons. The van der Waals surface area contributed by atoms with E-state index in [0.29, 0.717) is 13.2 Å². The molecule has 0 aliphatic rings. The maximum atomic E-state index is 11.1. The highest BCUT2D eigenvalue weighted by Crippen LogP contribution is 2.14. The molecule has 0 bridgehead atoms. The van der Waals surface area contributed by atoms with Crippen LogP contribution in [0.3, 0.4) is 0 Å². The van der Waals surface area contributed by atoms with Gasteiger partial charge >= 0.3 is 0 Å². The topological polar surface area (TPSA) is 82.2 Å². The Labute approximate surface area is 117 Å². The van der Waals surface area contributed by atoms with Gasteiger partial charge < -0.3 is 15.8 Å². The average Bonchev–Trinajstić information content (AvgIpc) is 2.94. The second-order valence-electron chi connectivity index (χ2n) is 4.31. The van der Waals surface area contributed by atoms with E-state index in [1.807, 2.05) is 24.3 Å². The molecule has 0 saturated carbocycles. The zero-order chi connectivity index (χ0) is 14.4. The fourth-order valence-corrected chi connectivity index (χ4v) is 1.87. The summed E-state index contributed by atoms with van der Waals surface area (Å²) in [5, 5.41) is 7.46. The summed E-state index contributed by atoms with van der Waals surface area (Å²) in [5.74, 6) is -0.528. The summed E-state index contributed by atoms with van der Waals surface area (Å²) >= 11 is 0. The lowest BCUT2D eigenvalue weighted by atomic mass is 10.2. The first-order valence-electron chi connectivity index (χ1n) is 6.36. The molecule has 0 aliphatic heterocycles. The molecule has 1 aromatic heterocycles. The maximum Gasteiger partial charge on any atom is 0.269 e. The minimum atomic E-state index is -0.528. The lowest BCUT2D eigenvalue weighted by Gasteiger charge is -2.10. The van der Waals surface area contributed by atoms with Gasteiger partial charge in [-0.25, -0.2) is 4.68 Å². The molecule has 0 unspecified atom stereocenters. The van der Waals surface area contributed by atoms with Crippen LogP contribution in [0.25, 0.3) is 5.69 Å². The minimum Gasteiger partial charge on any atom is -0.383 e. The van der Waals surface area contributed by atoms with E-state index in [2.05, 4.69) is 10.4 Å². The summed E-state index contributed by atoms with van der Waals surface area (Å²) in [4.78, 5) is 11.1. The normalized spacial score (nSPS) is 10.7. The molecule has 3 N–H and O–H groups in total. The fraction of sp³-hybridized carbons (Fsp3) is 0.286. The van der Waals surface area contributed by atoms with Crippen molar-refractivity contribution in [3.63, 3.8) is 0 Å². The van der Waals surface area contributed by atoms with Crippen LogP contribution in [0.2, 0.25) is 0 Å². The zero-order valence-corrected chi connectivity index (χ0v) is 11.4. The molecule has 0 aliphatic carbocycles. The number of aromatic nitrogens is 2. The predicted octanol–water partition coefficient (Wildman–Crippen LogP) is 0.707. The van der Waals surface area contributed by atoms with Crippen LogP contribution in [0.1, 0.15) is 16.1 Å². The number of benzene rings is 1. The van der Waals surface area contributed by atoms with E-state index in [9.17, 15) is 4.79 Å². The van der Waals surface area contributed by atoms with E-state index >= 15 is 0 Å². The molecule has 1 aromatic carbocycles. The van der Waals surface area contributed by atoms with Crippen molar-refractivity contribution in [2.75, 3.05) is 20.3 Å². The Morgan fingerprint density at radius 3 is 2.90 bits per heavy atom. The number of nitrogens with two attached hydrogens (primary N) is 1. The Bertz CT molecular complexity index is 580. The molecule has 1 amide bonds. The molecular formula is C14H18N4O2.